The largest absolute Gasteiger partial charge is 0.436 e. The highest BCUT2D eigenvalue weighted by molar-refractivity contribution is 9.10. The Hall–Kier alpha value is -1.44. The molecule has 7 heteroatoms. The van der Waals surface area contributed by atoms with Gasteiger partial charge in [0.1, 0.15) is 11.4 Å². The number of pyridine rings is 1. The minimum Gasteiger partial charge on any atom is -0.436 e. The lowest BCUT2D eigenvalue weighted by Gasteiger charge is -2.06. The maximum atomic E-state index is 5.87. The van der Waals surface area contributed by atoms with Crippen LogP contribution in [0.15, 0.2) is 34.5 Å². The summed E-state index contributed by atoms with van der Waals surface area (Å²) >= 11 is 4.97. The summed E-state index contributed by atoms with van der Waals surface area (Å²) in [4.78, 5) is 9.55. The number of nitrogens with one attached hydrogen (secondary N) is 1. The van der Waals surface area contributed by atoms with Crippen LogP contribution in [-0.2, 0) is 6.54 Å². The minimum atomic E-state index is 0.623. The summed E-state index contributed by atoms with van der Waals surface area (Å²) in [6.45, 7) is 3.69. The van der Waals surface area contributed by atoms with Crippen LogP contribution in [0.1, 0.15) is 12.6 Å². The summed E-state index contributed by atoms with van der Waals surface area (Å²) in [6.07, 6.45) is 5.40. The van der Waals surface area contributed by atoms with Gasteiger partial charge in [0.2, 0.25) is 5.88 Å². The van der Waals surface area contributed by atoms with Gasteiger partial charge in [-0.15, -0.1) is 11.3 Å². The molecule has 0 radical (unpaired) electrons. The molecule has 20 heavy (non-hydrogen) atoms. The van der Waals surface area contributed by atoms with E-state index in [0.29, 0.717) is 18.2 Å². The van der Waals surface area contributed by atoms with E-state index in [1.807, 2.05) is 22.0 Å². The van der Waals surface area contributed by atoms with Gasteiger partial charge in [-0.3, -0.25) is 9.38 Å². The molecule has 1 N–H and O–H groups in total. The lowest BCUT2D eigenvalue weighted by atomic mass is 10.4. The van der Waals surface area contributed by atoms with E-state index in [1.165, 1.54) is 0 Å². The van der Waals surface area contributed by atoms with Crippen molar-refractivity contribution in [2.75, 3.05) is 6.54 Å². The van der Waals surface area contributed by atoms with Crippen LogP contribution in [0.5, 0.6) is 11.6 Å². The predicted octanol–water partition coefficient (Wildman–Crippen LogP) is 3.46. The summed E-state index contributed by atoms with van der Waals surface area (Å²) in [5.41, 5.74) is 1.02. The average Bonchev–Trinajstić information content (AvgIpc) is 2.98. The first-order chi connectivity index (χ1) is 9.78. The second-order valence-corrected chi connectivity index (χ2v) is 5.93. The van der Waals surface area contributed by atoms with Gasteiger partial charge < -0.3 is 10.1 Å². The number of nitrogens with zero attached hydrogens (tertiary/aromatic N) is 3. The van der Waals surface area contributed by atoms with E-state index < -0.39 is 0 Å². The Morgan fingerprint density at radius 2 is 2.35 bits per heavy atom. The van der Waals surface area contributed by atoms with Gasteiger partial charge in [0, 0.05) is 28.8 Å². The molecule has 3 aromatic rings. The second-order valence-electron chi connectivity index (χ2n) is 4.14. The Kier molecular flexibility index (Phi) is 4.00. The van der Waals surface area contributed by atoms with Gasteiger partial charge in [-0.1, -0.05) is 6.92 Å². The second kappa shape index (κ2) is 5.90. The molecule has 0 amide bonds. The Balaban J connectivity index is 1.95. The highest BCUT2D eigenvalue weighted by Gasteiger charge is 2.15. The number of thiazole rings is 1. The molecule has 0 saturated heterocycles. The molecule has 0 bridgehead atoms. The molecular weight excluding hydrogens is 340 g/mol. The number of hydrogen-bond donors (Lipinski definition) is 1. The highest BCUT2D eigenvalue weighted by atomic mass is 79.9. The van der Waals surface area contributed by atoms with Crippen LogP contribution in [0.2, 0.25) is 0 Å². The van der Waals surface area contributed by atoms with E-state index in [2.05, 4.69) is 38.1 Å². The molecule has 104 valence electrons. The number of ether oxygens (including phenoxy) is 1. The zero-order chi connectivity index (χ0) is 13.9. The fourth-order valence-corrected chi connectivity index (χ4v) is 2.93. The van der Waals surface area contributed by atoms with Crippen molar-refractivity contribution in [3.8, 4) is 11.6 Å². The SMILES string of the molecule is CCNCc1c(Oc2cncc(Br)c2)nc2sccn12. The summed E-state index contributed by atoms with van der Waals surface area (Å²) < 4.78 is 8.80. The molecule has 0 fully saturated rings. The number of imidazole rings is 1. The Labute approximate surface area is 128 Å². The van der Waals surface area contributed by atoms with E-state index in [1.54, 1.807) is 23.7 Å². The molecule has 3 rings (SSSR count). The molecule has 0 unspecified atom stereocenters. The van der Waals surface area contributed by atoms with Gasteiger partial charge in [0.25, 0.3) is 0 Å². The number of halogens is 1. The van der Waals surface area contributed by atoms with Gasteiger partial charge in [-0.25, -0.2) is 0 Å². The van der Waals surface area contributed by atoms with Crippen LogP contribution in [0.3, 0.4) is 0 Å². The van der Waals surface area contributed by atoms with Crippen LogP contribution in [0, 0.1) is 0 Å². The van der Waals surface area contributed by atoms with Gasteiger partial charge in [0.05, 0.1) is 6.20 Å². The van der Waals surface area contributed by atoms with E-state index in [4.69, 9.17) is 4.74 Å². The Morgan fingerprint density at radius 3 is 3.15 bits per heavy atom. The summed E-state index contributed by atoms with van der Waals surface area (Å²) in [5, 5.41) is 5.33. The first-order valence-corrected chi connectivity index (χ1v) is 7.88. The Bertz CT molecular complexity index is 724. The fraction of sp³-hybridized carbons (Fsp3) is 0.231. The van der Waals surface area contributed by atoms with Crippen LogP contribution in [-0.4, -0.2) is 20.9 Å². The van der Waals surface area contributed by atoms with Crippen molar-refractivity contribution in [2.24, 2.45) is 0 Å². The lowest BCUT2D eigenvalue weighted by Crippen LogP contribution is -2.13. The molecule has 0 aromatic carbocycles. The molecule has 0 aliphatic rings. The number of hydrogen-bond acceptors (Lipinski definition) is 5. The first-order valence-electron chi connectivity index (χ1n) is 6.21. The standard InChI is InChI=1S/C13H13BrN4OS/c1-2-15-8-11-12(17-13-18(11)3-4-20-13)19-10-5-9(14)6-16-7-10/h3-7,15H,2,8H2,1H3. The molecule has 0 saturated carbocycles. The predicted molar refractivity (Wildman–Crippen MR) is 82.5 cm³/mol. The van der Waals surface area contributed by atoms with Crippen molar-refractivity contribution in [3.63, 3.8) is 0 Å². The minimum absolute atomic E-state index is 0.623. The normalized spacial score (nSPS) is 11.1. The summed E-state index contributed by atoms with van der Waals surface area (Å²) in [6, 6.07) is 1.87. The van der Waals surface area contributed by atoms with Gasteiger partial charge in [-0.2, -0.15) is 4.98 Å². The van der Waals surface area contributed by atoms with Crippen molar-refractivity contribution in [1.29, 1.82) is 0 Å². The number of rotatable bonds is 5. The van der Waals surface area contributed by atoms with Crippen molar-refractivity contribution >= 4 is 32.2 Å². The molecule has 5 nitrogen and oxygen atoms in total. The Morgan fingerprint density at radius 1 is 1.45 bits per heavy atom. The third-order valence-corrected chi connectivity index (χ3v) is 3.95. The van der Waals surface area contributed by atoms with Crippen molar-refractivity contribution in [2.45, 2.75) is 13.5 Å². The van der Waals surface area contributed by atoms with Crippen molar-refractivity contribution in [3.05, 3.63) is 40.2 Å². The number of aromatic nitrogens is 3. The molecule has 3 aromatic heterocycles. The van der Waals surface area contributed by atoms with E-state index in [9.17, 15) is 0 Å². The fourth-order valence-electron chi connectivity index (χ4n) is 1.86. The third-order valence-electron chi connectivity index (χ3n) is 2.76. The highest BCUT2D eigenvalue weighted by Crippen LogP contribution is 2.28. The van der Waals surface area contributed by atoms with Gasteiger partial charge >= 0.3 is 0 Å². The molecule has 0 atom stereocenters. The van der Waals surface area contributed by atoms with Crippen molar-refractivity contribution in [1.82, 2.24) is 19.7 Å². The lowest BCUT2D eigenvalue weighted by molar-refractivity contribution is 0.453. The monoisotopic (exact) mass is 352 g/mol. The zero-order valence-electron chi connectivity index (χ0n) is 10.8. The molecule has 0 aliphatic heterocycles. The molecule has 0 spiro atoms. The van der Waals surface area contributed by atoms with Gasteiger partial charge in [0.15, 0.2) is 4.96 Å². The zero-order valence-corrected chi connectivity index (χ0v) is 13.2. The maximum absolute atomic E-state index is 5.87. The number of fused-ring (bicyclic) bond motifs is 1. The average molecular weight is 353 g/mol. The van der Waals surface area contributed by atoms with Crippen LogP contribution in [0.25, 0.3) is 4.96 Å². The molecular formula is C13H13BrN4OS. The molecule has 3 heterocycles. The van der Waals surface area contributed by atoms with Gasteiger partial charge in [-0.05, 0) is 28.5 Å². The smallest absolute Gasteiger partial charge is 0.243 e. The van der Waals surface area contributed by atoms with Crippen LogP contribution in [0.4, 0.5) is 0 Å². The third kappa shape index (κ3) is 2.70. The first kappa shape index (κ1) is 13.5. The van der Waals surface area contributed by atoms with Crippen LogP contribution >= 0.6 is 27.3 Å². The van der Waals surface area contributed by atoms with E-state index in [-0.39, 0.29) is 0 Å². The van der Waals surface area contributed by atoms with E-state index in [0.717, 1.165) is 21.7 Å². The summed E-state index contributed by atoms with van der Waals surface area (Å²) in [5.74, 6) is 1.29. The quantitative estimate of drug-likeness (QED) is 0.763. The maximum Gasteiger partial charge on any atom is 0.243 e. The van der Waals surface area contributed by atoms with Crippen molar-refractivity contribution < 1.29 is 4.74 Å². The van der Waals surface area contributed by atoms with E-state index >= 15 is 0 Å². The summed E-state index contributed by atoms with van der Waals surface area (Å²) in [7, 11) is 0. The van der Waals surface area contributed by atoms with Crippen LogP contribution < -0.4 is 10.1 Å². The topological polar surface area (TPSA) is 51.5 Å². The molecule has 0 aliphatic carbocycles.